The third-order valence-corrected chi connectivity index (χ3v) is 7.50. The van der Waals surface area contributed by atoms with Gasteiger partial charge < -0.3 is 20.3 Å². The summed E-state index contributed by atoms with van der Waals surface area (Å²) in [5.74, 6) is -0.213. The zero-order chi connectivity index (χ0) is 29.4. The highest BCUT2D eigenvalue weighted by atomic mass is 16.6. The zero-order valence-electron chi connectivity index (χ0n) is 25.3. The zero-order valence-corrected chi connectivity index (χ0v) is 25.3. The van der Waals surface area contributed by atoms with Gasteiger partial charge in [-0.15, -0.1) is 0 Å². The fraction of sp³-hybridized carbons (Fsp3) is 0.545. The molecule has 0 bridgehead atoms. The highest BCUT2D eigenvalue weighted by molar-refractivity contribution is 5.93. The molecule has 3 rings (SSSR count). The third kappa shape index (κ3) is 8.57. The summed E-state index contributed by atoms with van der Waals surface area (Å²) in [6, 6.07) is 13.7. The number of nitrogens with zero attached hydrogens (tertiary/aromatic N) is 1. The number of amides is 3. The Balaban J connectivity index is 2.03. The van der Waals surface area contributed by atoms with E-state index in [1.807, 2.05) is 62.4 Å². The van der Waals surface area contributed by atoms with Crippen LogP contribution in [0.3, 0.4) is 0 Å². The molecule has 2 aromatic carbocycles. The molecule has 0 aromatic heterocycles. The number of aryl methyl sites for hydroxylation is 1. The average molecular weight is 550 g/mol. The Morgan fingerprint density at radius 3 is 2.30 bits per heavy atom. The third-order valence-electron chi connectivity index (χ3n) is 7.50. The number of alkyl carbamates (subject to hydrolysis) is 1. The van der Waals surface area contributed by atoms with Gasteiger partial charge in [0.25, 0.3) is 0 Å². The Morgan fingerprint density at radius 1 is 1.02 bits per heavy atom. The second-order valence-corrected chi connectivity index (χ2v) is 12.1. The van der Waals surface area contributed by atoms with Crippen molar-refractivity contribution in [3.63, 3.8) is 0 Å². The highest BCUT2D eigenvalue weighted by Crippen LogP contribution is 2.41. The van der Waals surface area contributed by atoms with E-state index in [1.165, 1.54) is 0 Å². The number of nitrogens with one attached hydrogen (secondary N) is 2. The summed E-state index contributed by atoms with van der Waals surface area (Å²) in [4.78, 5) is 43.1. The lowest BCUT2D eigenvalue weighted by Gasteiger charge is -2.36. The largest absolute Gasteiger partial charge is 0.444 e. The van der Waals surface area contributed by atoms with E-state index >= 15 is 0 Å². The maximum Gasteiger partial charge on any atom is 0.408 e. The first-order chi connectivity index (χ1) is 18.9. The number of carbonyl (C=O) groups is 3. The van der Waals surface area contributed by atoms with Crippen LogP contribution < -0.4 is 10.6 Å². The van der Waals surface area contributed by atoms with Crippen molar-refractivity contribution in [1.29, 1.82) is 0 Å². The van der Waals surface area contributed by atoms with Crippen LogP contribution in [0.2, 0.25) is 0 Å². The molecule has 1 aliphatic carbocycles. The molecule has 40 heavy (non-hydrogen) atoms. The Kier molecular flexibility index (Phi) is 10.8. The van der Waals surface area contributed by atoms with E-state index in [4.69, 9.17) is 4.74 Å². The second kappa shape index (κ2) is 13.8. The van der Waals surface area contributed by atoms with Crippen LogP contribution in [-0.4, -0.2) is 47.0 Å². The normalized spacial score (nSPS) is 17.9. The predicted octanol–water partition coefficient (Wildman–Crippen LogP) is 6.02. The van der Waals surface area contributed by atoms with E-state index in [2.05, 4.69) is 24.5 Å². The van der Waals surface area contributed by atoms with Crippen molar-refractivity contribution >= 4 is 17.9 Å². The lowest BCUT2D eigenvalue weighted by Crippen LogP contribution is -2.55. The molecule has 2 N–H and O–H groups in total. The van der Waals surface area contributed by atoms with Crippen molar-refractivity contribution in [2.24, 2.45) is 5.92 Å². The topological polar surface area (TPSA) is 87.7 Å². The van der Waals surface area contributed by atoms with Crippen LogP contribution in [0.25, 0.3) is 0 Å². The highest BCUT2D eigenvalue weighted by Gasteiger charge is 2.48. The average Bonchev–Trinajstić information content (AvgIpc) is 3.61. The summed E-state index contributed by atoms with van der Waals surface area (Å²) < 4.78 is 5.54. The van der Waals surface area contributed by atoms with Gasteiger partial charge in [0.1, 0.15) is 17.7 Å². The van der Waals surface area contributed by atoms with E-state index in [-0.39, 0.29) is 30.2 Å². The van der Waals surface area contributed by atoms with Gasteiger partial charge in [0.05, 0.1) is 0 Å². The van der Waals surface area contributed by atoms with Gasteiger partial charge in [-0.2, -0.15) is 0 Å². The molecule has 1 aliphatic rings. The van der Waals surface area contributed by atoms with Crippen molar-refractivity contribution < 1.29 is 19.1 Å². The molecule has 0 heterocycles. The molecule has 7 nitrogen and oxygen atoms in total. The van der Waals surface area contributed by atoms with E-state index in [0.717, 1.165) is 47.9 Å². The van der Waals surface area contributed by atoms with Crippen molar-refractivity contribution in [3.8, 4) is 0 Å². The molecule has 4 unspecified atom stereocenters. The molecule has 2 aromatic rings. The van der Waals surface area contributed by atoms with E-state index in [1.54, 1.807) is 25.7 Å². The van der Waals surface area contributed by atoms with Gasteiger partial charge in [0.15, 0.2) is 0 Å². The van der Waals surface area contributed by atoms with Crippen molar-refractivity contribution in [3.05, 3.63) is 70.8 Å². The SMILES string of the molecule is CCCCCNC(=O)C(c1cccc(C)c1C)N(C(=O)C(Cc1ccccc1)NC(=O)OC(C)(C)C)C1CC1C. The monoisotopic (exact) mass is 549 g/mol. The molecule has 1 saturated carbocycles. The molecule has 0 radical (unpaired) electrons. The second-order valence-electron chi connectivity index (χ2n) is 12.1. The molecule has 4 atom stereocenters. The molecule has 0 spiro atoms. The van der Waals surface area contributed by atoms with Gasteiger partial charge in [0, 0.05) is 19.0 Å². The molecule has 218 valence electrons. The predicted molar refractivity (Wildman–Crippen MR) is 159 cm³/mol. The lowest BCUT2D eigenvalue weighted by molar-refractivity contribution is -0.143. The number of rotatable bonds is 12. The number of hydrogen-bond donors (Lipinski definition) is 2. The molecular weight excluding hydrogens is 502 g/mol. The number of carbonyl (C=O) groups excluding carboxylic acids is 3. The standard InChI is InChI=1S/C33H47N3O4/c1-8-9-13-19-34-30(37)29(26-18-14-15-22(2)24(26)4)36(28-20-23(28)3)31(38)27(21-25-16-11-10-12-17-25)35-32(39)40-33(5,6)7/h10-12,14-18,23,27-29H,8-9,13,19-21H2,1-7H3,(H,34,37)(H,35,39). The fourth-order valence-corrected chi connectivity index (χ4v) is 5.02. The molecule has 3 amide bonds. The number of ether oxygens (including phenoxy) is 1. The van der Waals surface area contributed by atoms with Crippen LogP contribution in [0.4, 0.5) is 4.79 Å². The molecular formula is C33H47N3O4. The van der Waals surface area contributed by atoms with Gasteiger partial charge in [-0.1, -0.05) is 75.2 Å². The first kappa shape index (κ1) is 31.2. The minimum atomic E-state index is -0.898. The molecule has 0 saturated heterocycles. The minimum absolute atomic E-state index is 0.0995. The first-order valence-electron chi connectivity index (χ1n) is 14.6. The summed E-state index contributed by atoms with van der Waals surface area (Å²) in [5, 5.41) is 5.96. The summed E-state index contributed by atoms with van der Waals surface area (Å²) in [7, 11) is 0. The minimum Gasteiger partial charge on any atom is -0.444 e. The number of benzene rings is 2. The van der Waals surface area contributed by atoms with E-state index in [0.29, 0.717) is 6.54 Å². The van der Waals surface area contributed by atoms with Crippen LogP contribution in [0.5, 0.6) is 0 Å². The Labute approximate surface area is 240 Å². The van der Waals surface area contributed by atoms with E-state index in [9.17, 15) is 14.4 Å². The molecule has 7 heteroatoms. The quantitative estimate of drug-likeness (QED) is 0.317. The maximum absolute atomic E-state index is 14.5. The summed E-state index contributed by atoms with van der Waals surface area (Å²) in [6.45, 7) is 14.2. The van der Waals surface area contributed by atoms with Crippen LogP contribution in [0, 0.1) is 19.8 Å². The Hall–Kier alpha value is -3.35. The van der Waals surface area contributed by atoms with Crippen LogP contribution in [0.1, 0.15) is 88.6 Å². The van der Waals surface area contributed by atoms with E-state index < -0.39 is 23.8 Å². The van der Waals surface area contributed by atoms with Crippen LogP contribution in [-0.2, 0) is 20.7 Å². The van der Waals surface area contributed by atoms with Crippen molar-refractivity contribution in [2.75, 3.05) is 6.54 Å². The Morgan fingerprint density at radius 2 is 1.70 bits per heavy atom. The Bertz CT molecular complexity index is 1160. The molecule has 0 aliphatic heterocycles. The van der Waals surface area contributed by atoms with Crippen molar-refractivity contribution in [2.45, 2.75) is 104 Å². The first-order valence-corrected chi connectivity index (χ1v) is 14.6. The maximum atomic E-state index is 14.5. The lowest BCUT2D eigenvalue weighted by atomic mass is 9.94. The van der Waals surface area contributed by atoms with Gasteiger partial charge in [0.2, 0.25) is 11.8 Å². The summed E-state index contributed by atoms with van der Waals surface area (Å²) >= 11 is 0. The van der Waals surface area contributed by atoms with Crippen molar-refractivity contribution in [1.82, 2.24) is 15.5 Å². The fourth-order valence-electron chi connectivity index (χ4n) is 5.02. The van der Waals surface area contributed by atoms with Gasteiger partial charge in [-0.25, -0.2) is 4.79 Å². The van der Waals surface area contributed by atoms with Gasteiger partial charge >= 0.3 is 6.09 Å². The number of hydrogen-bond acceptors (Lipinski definition) is 4. The van der Waals surface area contributed by atoms with Crippen LogP contribution >= 0.6 is 0 Å². The molecule has 1 fully saturated rings. The summed E-state index contributed by atoms with van der Waals surface area (Å²) in [6.07, 6.45) is 3.40. The van der Waals surface area contributed by atoms with Gasteiger partial charge in [-0.3, -0.25) is 9.59 Å². The smallest absolute Gasteiger partial charge is 0.408 e. The van der Waals surface area contributed by atoms with Gasteiger partial charge in [-0.05, 0) is 75.6 Å². The summed E-state index contributed by atoms with van der Waals surface area (Å²) in [5.41, 5.74) is 3.06. The van der Waals surface area contributed by atoms with Crippen LogP contribution in [0.15, 0.2) is 48.5 Å². The number of unbranched alkanes of at least 4 members (excludes halogenated alkanes) is 2.